The first-order valence-corrected chi connectivity index (χ1v) is 12.1. The van der Waals surface area contributed by atoms with Gasteiger partial charge in [0.05, 0.1) is 23.5 Å². The van der Waals surface area contributed by atoms with Gasteiger partial charge < -0.3 is 10.8 Å². The fourth-order valence-electron chi connectivity index (χ4n) is 3.10. The van der Waals surface area contributed by atoms with Gasteiger partial charge in [-0.3, -0.25) is 4.99 Å². The van der Waals surface area contributed by atoms with E-state index in [1.54, 1.807) is 6.08 Å². The number of halogens is 3. The zero-order valence-corrected chi connectivity index (χ0v) is 21.1. The predicted molar refractivity (Wildman–Crippen MR) is 134 cm³/mol. The van der Waals surface area contributed by atoms with Crippen molar-refractivity contribution < 1.29 is 18.3 Å². The first-order chi connectivity index (χ1) is 15.6. The largest absolute Gasteiger partial charge is 0.507 e. The van der Waals surface area contributed by atoms with E-state index < -0.39 is 17.5 Å². The molecule has 0 fully saturated rings. The fourth-order valence-corrected chi connectivity index (χ4v) is 3.10. The highest BCUT2D eigenvalue weighted by Crippen LogP contribution is 2.33. The van der Waals surface area contributed by atoms with Gasteiger partial charge in [0.1, 0.15) is 11.6 Å². The minimum atomic E-state index is -4.51. The number of phenolic OH excluding ortho intramolecular Hbond substituents is 1. The number of aromatic hydroxyl groups is 1. The van der Waals surface area contributed by atoms with Gasteiger partial charge in [0.25, 0.3) is 0 Å². The van der Waals surface area contributed by atoms with E-state index >= 15 is 0 Å². The SMILES string of the molecule is CC.CCC1=NC(N)=CCN=C1c1ccc(C(F)(F)F)cc1O.CCCCCC[C@H](C)CC. The summed E-state index contributed by atoms with van der Waals surface area (Å²) >= 11 is 0. The quantitative estimate of drug-likeness (QED) is 0.380. The summed E-state index contributed by atoms with van der Waals surface area (Å²) in [6.45, 7) is 13.0. The Balaban J connectivity index is 0.000000722. The van der Waals surface area contributed by atoms with Crippen molar-refractivity contribution in [2.24, 2.45) is 21.6 Å². The molecule has 188 valence electrons. The van der Waals surface area contributed by atoms with Gasteiger partial charge in [-0.15, -0.1) is 0 Å². The molecule has 0 saturated carbocycles. The van der Waals surface area contributed by atoms with Crippen molar-refractivity contribution in [3.05, 3.63) is 41.2 Å². The summed E-state index contributed by atoms with van der Waals surface area (Å²) in [7, 11) is 0. The standard InChI is InChI=1S/C14H14F3N3O.C10H22.C2H6/c1-2-10-13(19-6-5-12(18)20-10)9-4-3-8(7-11(9)21)14(15,16)17;1-4-6-7-8-9-10(3)5-2;1-2/h3-5,7,21H,2,6,18H2,1H3;10H,4-9H2,1-3H3;1-2H3/t;10-;/m.1./s1. The van der Waals surface area contributed by atoms with Crippen LogP contribution in [0.2, 0.25) is 0 Å². The first-order valence-electron chi connectivity index (χ1n) is 12.1. The molecule has 7 heteroatoms. The molecular weight excluding hydrogens is 427 g/mol. The summed E-state index contributed by atoms with van der Waals surface area (Å²) < 4.78 is 37.8. The minimum absolute atomic E-state index is 0.215. The molecule has 2 rings (SSSR count). The van der Waals surface area contributed by atoms with E-state index in [2.05, 4.69) is 30.8 Å². The van der Waals surface area contributed by atoms with Crippen LogP contribution in [-0.4, -0.2) is 23.1 Å². The molecule has 1 atom stereocenters. The van der Waals surface area contributed by atoms with Crippen molar-refractivity contribution in [2.45, 2.75) is 92.7 Å². The lowest BCUT2D eigenvalue weighted by molar-refractivity contribution is -0.137. The number of nitrogens with two attached hydrogens (primary N) is 1. The molecule has 1 aliphatic heterocycles. The molecule has 4 nitrogen and oxygen atoms in total. The number of aliphatic imine (C=N–C) groups is 2. The monoisotopic (exact) mass is 469 g/mol. The van der Waals surface area contributed by atoms with Gasteiger partial charge in [-0.25, -0.2) is 4.99 Å². The maximum atomic E-state index is 12.6. The van der Waals surface area contributed by atoms with Crippen molar-refractivity contribution in [3.63, 3.8) is 0 Å². The van der Waals surface area contributed by atoms with Gasteiger partial charge in [-0.2, -0.15) is 13.2 Å². The van der Waals surface area contributed by atoms with Gasteiger partial charge in [0.15, 0.2) is 0 Å². The van der Waals surface area contributed by atoms with Crippen molar-refractivity contribution in [3.8, 4) is 5.75 Å². The van der Waals surface area contributed by atoms with Crippen LogP contribution in [0.25, 0.3) is 0 Å². The highest BCUT2D eigenvalue weighted by atomic mass is 19.4. The summed E-state index contributed by atoms with van der Waals surface area (Å²) in [5.74, 6) is 0.777. The third-order valence-electron chi connectivity index (χ3n) is 5.25. The maximum Gasteiger partial charge on any atom is 0.416 e. The highest BCUT2D eigenvalue weighted by molar-refractivity contribution is 6.49. The smallest absolute Gasteiger partial charge is 0.416 e. The molecule has 0 radical (unpaired) electrons. The highest BCUT2D eigenvalue weighted by Gasteiger charge is 2.31. The molecular formula is C26H42F3N3O. The Labute approximate surface area is 197 Å². The van der Waals surface area contributed by atoms with Crippen LogP contribution in [0, 0.1) is 5.92 Å². The Bertz CT molecular complexity index is 783. The molecule has 0 unspecified atom stereocenters. The average molecular weight is 470 g/mol. The van der Waals surface area contributed by atoms with Crippen LogP contribution in [0.5, 0.6) is 5.75 Å². The number of hydrogen-bond acceptors (Lipinski definition) is 4. The normalized spacial score (nSPS) is 14.4. The second kappa shape index (κ2) is 16.3. The molecule has 3 N–H and O–H groups in total. The number of rotatable bonds is 8. The van der Waals surface area contributed by atoms with Gasteiger partial charge in [-0.1, -0.05) is 80.1 Å². The molecule has 0 amide bonds. The Kier molecular flexibility index (Phi) is 15.2. The lowest BCUT2D eigenvalue weighted by Gasteiger charge is -2.12. The van der Waals surface area contributed by atoms with Crippen LogP contribution in [0.15, 0.2) is 40.1 Å². The second-order valence-corrected chi connectivity index (χ2v) is 7.82. The second-order valence-electron chi connectivity index (χ2n) is 7.82. The number of unbranched alkanes of at least 4 members (excludes halogenated alkanes) is 3. The van der Waals surface area contributed by atoms with Gasteiger partial charge >= 0.3 is 6.18 Å². The van der Waals surface area contributed by atoms with Crippen LogP contribution >= 0.6 is 0 Å². The van der Waals surface area contributed by atoms with Crippen LogP contribution in [0.1, 0.15) is 97.6 Å². The fraction of sp³-hybridized carbons (Fsp3) is 0.615. The van der Waals surface area contributed by atoms with E-state index in [-0.39, 0.29) is 12.1 Å². The topological polar surface area (TPSA) is 71.0 Å². The summed E-state index contributed by atoms with van der Waals surface area (Å²) in [5, 5.41) is 9.89. The summed E-state index contributed by atoms with van der Waals surface area (Å²) in [6.07, 6.45) is 6.07. The molecule has 0 bridgehead atoms. The van der Waals surface area contributed by atoms with Gasteiger partial charge in [0, 0.05) is 5.56 Å². The number of benzene rings is 1. The Morgan fingerprint density at radius 3 is 2.27 bits per heavy atom. The van der Waals surface area contributed by atoms with Crippen molar-refractivity contribution in [2.75, 3.05) is 6.54 Å². The minimum Gasteiger partial charge on any atom is -0.507 e. The zero-order valence-electron chi connectivity index (χ0n) is 21.1. The first kappa shape index (κ1) is 30.7. The van der Waals surface area contributed by atoms with E-state index in [0.717, 1.165) is 12.0 Å². The lowest BCUT2D eigenvalue weighted by Crippen LogP contribution is -2.16. The molecule has 1 aliphatic rings. The summed E-state index contributed by atoms with van der Waals surface area (Å²) in [4.78, 5) is 8.39. The van der Waals surface area contributed by atoms with Crippen LogP contribution in [0.4, 0.5) is 13.2 Å². The predicted octanol–water partition coefficient (Wildman–Crippen LogP) is 7.89. The Morgan fingerprint density at radius 1 is 1.09 bits per heavy atom. The van der Waals surface area contributed by atoms with E-state index in [1.165, 1.54) is 44.6 Å². The molecule has 0 spiro atoms. The van der Waals surface area contributed by atoms with E-state index in [9.17, 15) is 18.3 Å². The molecule has 1 aromatic rings. The van der Waals surface area contributed by atoms with E-state index in [1.807, 2.05) is 20.8 Å². The molecule has 0 saturated heterocycles. The van der Waals surface area contributed by atoms with Gasteiger partial charge in [-0.05, 0) is 36.6 Å². The molecule has 0 aromatic heterocycles. The average Bonchev–Trinajstić information content (AvgIpc) is 2.98. The van der Waals surface area contributed by atoms with E-state index in [0.29, 0.717) is 29.7 Å². The molecule has 33 heavy (non-hydrogen) atoms. The Hall–Kier alpha value is -2.31. The maximum absolute atomic E-state index is 12.6. The number of hydrogen-bond donors (Lipinski definition) is 2. The lowest BCUT2D eigenvalue weighted by atomic mass is 10.0. The van der Waals surface area contributed by atoms with Crippen molar-refractivity contribution in [1.29, 1.82) is 0 Å². The Morgan fingerprint density at radius 2 is 1.76 bits per heavy atom. The molecule has 0 aliphatic carbocycles. The zero-order chi connectivity index (χ0) is 25.4. The van der Waals surface area contributed by atoms with Crippen LogP contribution in [-0.2, 0) is 6.18 Å². The molecule has 1 heterocycles. The summed E-state index contributed by atoms with van der Waals surface area (Å²) in [6, 6.07) is 2.79. The third-order valence-corrected chi connectivity index (χ3v) is 5.25. The van der Waals surface area contributed by atoms with E-state index in [4.69, 9.17) is 5.73 Å². The van der Waals surface area contributed by atoms with Crippen LogP contribution < -0.4 is 5.73 Å². The number of nitrogens with zero attached hydrogens (tertiary/aromatic N) is 2. The summed E-state index contributed by atoms with van der Waals surface area (Å²) in [5.41, 5.74) is 5.84. The molecule has 1 aromatic carbocycles. The van der Waals surface area contributed by atoms with Crippen molar-refractivity contribution >= 4 is 11.4 Å². The van der Waals surface area contributed by atoms with Gasteiger partial charge in [0.2, 0.25) is 0 Å². The third kappa shape index (κ3) is 11.4. The van der Waals surface area contributed by atoms with Crippen LogP contribution in [0.3, 0.4) is 0 Å². The van der Waals surface area contributed by atoms with Crippen molar-refractivity contribution in [1.82, 2.24) is 0 Å². The number of phenols is 1. The number of alkyl halides is 3.